The lowest BCUT2D eigenvalue weighted by atomic mass is 10.0. The van der Waals surface area contributed by atoms with Gasteiger partial charge in [-0.25, -0.2) is 8.42 Å². The van der Waals surface area contributed by atoms with E-state index in [9.17, 15) is 13.2 Å². The summed E-state index contributed by atoms with van der Waals surface area (Å²) in [4.78, 5) is 13.8. The molecule has 2 rings (SSSR count). The molecule has 0 aliphatic carbocycles. The van der Waals surface area contributed by atoms with Crippen molar-refractivity contribution < 1.29 is 17.9 Å². The number of nitrogens with one attached hydrogen (secondary N) is 1. The quantitative estimate of drug-likeness (QED) is 0.703. The minimum atomic E-state index is -2.93. The molecule has 1 saturated heterocycles. The van der Waals surface area contributed by atoms with Crippen LogP contribution in [0.1, 0.15) is 31.7 Å². The first-order valence-corrected chi connectivity index (χ1v) is 10.5. The summed E-state index contributed by atoms with van der Waals surface area (Å²) in [6.45, 7) is 5.30. The lowest BCUT2D eigenvalue weighted by molar-refractivity contribution is -0.122. The topological polar surface area (TPSA) is 75.7 Å². The van der Waals surface area contributed by atoms with Gasteiger partial charge in [0.05, 0.1) is 24.6 Å². The van der Waals surface area contributed by atoms with Gasteiger partial charge in [0, 0.05) is 6.04 Å². The number of hydrogen-bond donors (Lipinski definition) is 1. The Hall–Kier alpha value is -1.60. The van der Waals surface area contributed by atoms with Crippen LogP contribution in [0.25, 0.3) is 0 Å². The van der Waals surface area contributed by atoms with Gasteiger partial charge >= 0.3 is 0 Å². The highest BCUT2D eigenvalue weighted by atomic mass is 32.2. The molecule has 0 spiro atoms. The second-order valence-corrected chi connectivity index (χ2v) is 9.12. The summed E-state index contributed by atoms with van der Waals surface area (Å²) in [6.07, 6.45) is 0.599. The molecule has 1 heterocycles. The maximum Gasteiger partial charge on any atom is 0.234 e. The fourth-order valence-corrected chi connectivity index (χ4v) is 4.65. The number of likely N-dealkylation sites (N-methyl/N-ethyl adjacent to an activating group) is 1. The van der Waals surface area contributed by atoms with E-state index in [0.29, 0.717) is 25.5 Å². The van der Waals surface area contributed by atoms with E-state index in [2.05, 4.69) is 19.2 Å². The fourth-order valence-electron chi connectivity index (χ4n) is 2.84. The molecule has 6 nitrogen and oxygen atoms in total. The van der Waals surface area contributed by atoms with Crippen molar-refractivity contribution in [2.75, 3.05) is 38.2 Å². The van der Waals surface area contributed by atoms with E-state index in [-0.39, 0.29) is 30.0 Å². The van der Waals surface area contributed by atoms with Gasteiger partial charge in [-0.1, -0.05) is 26.0 Å². The highest BCUT2D eigenvalue weighted by molar-refractivity contribution is 7.91. The van der Waals surface area contributed by atoms with Crippen molar-refractivity contribution in [3.8, 4) is 5.75 Å². The number of amides is 1. The molecule has 0 aromatic heterocycles. The van der Waals surface area contributed by atoms with Gasteiger partial charge in [-0.15, -0.1) is 0 Å². The Morgan fingerprint density at radius 2 is 2.00 bits per heavy atom. The number of rotatable bonds is 8. The second kappa shape index (κ2) is 8.67. The first-order chi connectivity index (χ1) is 11.8. The van der Waals surface area contributed by atoms with E-state index in [1.165, 1.54) is 5.56 Å². The standard InChI is InChI=1S/C18H28N2O4S/c1-14(2)15-4-6-17(7-5-15)24-10-9-19-18(21)12-20(3)16-8-11-25(22,23)13-16/h4-7,14,16H,8-13H2,1-3H3,(H,19,21). The highest BCUT2D eigenvalue weighted by Gasteiger charge is 2.31. The molecule has 7 heteroatoms. The maximum absolute atomic E-state index is 11.9. The predicted molar refractivity (Wildman–Crippen MR) is 98.7 cm³/mol. The SMILES string of the molecule is CC(C)c1ccc(OCCNC(=O)CN(C)C2CCS(=O)(=O)C2)cc1. The van der Waals surface area contributed by atoms with Crippen LogP contribution < -0.4 is 10.1 Å². The van der Waals surface area contributed by atoms with Crippen LogP contribution in [0.4, 0.5) is 0 Å². The van der Waals surface area contributed by atoms with Gasteiger partial charge in [0.25, 0.3) is 0 Å². The van der Waals surface area contributed by atoms with E-state index in [0.717, 1.165) is 5.75 Å². The minimum absolute atomic E-state index is 0.0635. The van der Waals surface area contributed by atoms with Gasteiger partial charge in [0.1, 0.15) is 12.4 Å². The fraction of sp³-hybridized carbons (Fsp3) is 0.611. The van der Waals surface area contributed by atoms with Gasteiger partial charge in [-0.2, -0.15) is 0 Å². The zero-order chi connectivity index (χ0) is 18.4. The number of nitrogens with zero attached hydrogens (tertiary/aromatic N) is 1. The highest BCUT2D eigenvalue weighted by Crippen LogP contribution is 2.18. The molecule has 1 unspecified atom stereocenters. The van der Waals surface area contributed by atoms with Crippen LogP contribution in [0.5, 0.6) is 5.75 Å². The van der Waals surface area contributed by atoms with Crippen LogP contribution in [0.2, 0.25) is 0 Å². The predicted octanol–water partition coefficient (Wildman–Crippen LogP) is 1.42. The van der Waals surface area contributed by atoms with E-state index < -0.39 is 9.84 Å². The van der Waals surface area contributed by atoms with Crippen molar-refractivity contribution in [3.63, 3.8) is 0 Å². The molecular weight excluding hydrogens is 340 g/mol. The van der Waals surface area contributed by atoms with Crippen molar-refractivity contribution in [3.05, 3.63) is 29.8 Å². The Balaban J connectivity index is 1.65. The molecule has 1 N–H and O–H groups in total. The van der Waals surface area contributed by atoms with Crippen molar-refractivity contribution in [2.24, 2.45) is 0 Å². The zero-order valence-electron chi connectivity index (χ0n) is 15.2. The van der Waals surface area contributed by atoms with Gasteiger partial charge in [-0.3, -0.25) is 9.69 Å². The molecule has 140 valence electrons. The molecular formula is C18H28N2O4S. The summed E-state index contributed by atoms with van der Waals surface area (Å²) < 4.78 is 28.6. The van der Waals surface area contributed by atoms with Crippen molar-refractivity contribution in [1.29, 1.82) is 0 Å². The summed E-state index contributed by atoms with van der Waals surface area (Å²) in [7, 11) is -1.14. The van der Waals surface area contributed by atoms with Crippen LogP contribution in [-0.2, 0) is 14.6 Å². The van der Waals surface area contributed by atoms with Gasteiger partial charge in [0.2, 0.25) is 5.91 Å². The molecule has 0 bridgehead atoms. The van der Waals surface area contributed by atoms with E-state index in [1.807, 2.05) is 29.2 Å². The lowest BCUT2D eigenvalue weighted by Gasteiger charge is -2.22. The summed E-state index contributed by atoms with van der Waals surface area (Å²) in [5.41, 5.74) is 1.26. The van der Waals surface area contributed by atoms with E-state index in [4.69, 9.17) is 4.74 Å². The lowest BCUT2D eigenvalue weighted by Crippen LogP contribution is -2.42. The average molecular weight is 368 g/mol. The average Bonchev–Trinajstić information content (AvgIpc) is 2.92. The van der Waals surface area contributed by atoms with Crippen molar-refractivity contribution in [2.45, 2.75) is 32.2 Å². The zero-order valence-corrected chi connectivity index (χ0v) is 16.0. The van der Waals surface area contributed by atoms with Crippen LogP contribution in [0.3, 0.4) is 0 Å². The number of benzene rings is 1. The number of ether oxygens (including phenoxy) is 1. The molecule has 0 saturated carbocycles. The molecule has 1 fully saturated rings. The minimum Gasteiger partial charge on any atom is -0.492 e. The van der Waals surface area contributed by atoms with E-state index in [1.54, 1.807) is 7.05 Å². The number of sulfone groups is 1. The maximum atomic E-state index is 11.9. The normalized spacial score (nSPS) is 19.3. The summed E-state index contributed by atoms with van der Waals surface area (Å²) in [6, 6.07) is 7.90. The molecule has 1 amide bonds. The van der Waals surface area contributed by atoms with Crippen molar-refractivity contribution in [1.82, 2.24) is 10.2 Å². The molecule has 1 aromatic carbocycles. The van der Waals surface area contributed by atoms with Crippen LogP contribution in [-0.4, -0.2) is 63.5 Å². The molecule has 1 aliphatic rings. The number of carbonyl (C=O) groups excluding carboxylic acids is 1. The molecule has 25 heavy (non-hydrogen) atoms. The van der Waals surface area contributed by atoms with Gasteiger partial charge < -0.3 is 10.1 Å². The Kier molecular flexibility index (Phi) is 6.84. The van der Waals surface area contributed by atoms with Crippen LogP contribution >= 0.6 is 0 Å². The molecule has 1 aliphatic heterocycles. The molecule has 1 aromatic rings. The summed E-state index contributed by atoms with van der Waals surface area (Å²) >= 11 is 0. The van der Waals surface area contributed by atoms with Gasteiger partial charge in [-0.05, 0) is 37.1 Å². The Labute approximate surface area is 150 Å². The van der Waals surface area contributed by atoms with Gasteiger partial charge in [0.15, 0.2) is 9.84 Å². The third-order valence-corrected chi connectivity index (χ3v) is 6.21. The first kappa shape index (κ1) is 19.7. The number of carbonyl (C=O) groups is 1. The first-order valence-electron chi connectivity index (χ1n) is 8.67. The molecule has 1 atom stereocenters. The van der Waals surface area contributed by atoms with Crippen molar-refractivity contribution >= 4 is 15.7 Å². The Morgan fingerprint density at radius 3 is 2.56 bits per heavy atom. The third-order valence-electron chi connectivity index (χ3n) is 4.46. The summed E-state index contributed by atoms with van der Waals surface area (Å²) in [5.74, 6) is 1.51. The van der Waals surface area contributed by atoms with E-state index >= 15 is 0 Å². The van der Waals surface area contributed by atoms with Crippen LogP contribution in [0, 0.1) is 0 Å². The van der Waals surface area contributed by atoms with Crippen LogP contribution in [0.15, 0.2) is 24.3 Å². The monoisotopic (exact) mass is 368 g/mol. The largest absolute Gasteiger partial charge is 0.492 e. The smallest absolute Gasteiger partial charge is 0.234 e. The Morgan fingerprint density at radius 1 is 1.32 bits per heavy atom. The Bertz CT molecular complexity index is 671. The molecule has 0 radical (unpaired) electrons. The third kappa shape index (κ3) is 6.32. The summed E-state index contributed by atoms with van der Waals surface area (Å²) in [5, 5.41) is 2.80. The second-order valence-electron chi connectivity index (χ2n) is 6.89. The number of hydrogen-bond acceptors (Lipinski definition) is 5.